The van der Waals surface area contributed by atoms with Gasteiger partial charge in [-0.15, -0.1) is 0 Å². The monoisotopic (exact) mass is 187 g/mol. The van der Waals surface area contributed by atoms with Gasteiger partial charge in [0.25, 0.3) is 0 Å². The zero-order chi connectivity index (χ0) is 6.78. The molecule has 47 valence electrons. The fraction of sp³-hybridized carbons (Fsp3) is 0.500. The van der Waals surface area contributed by atoms with E-state index in [0.29, 0.717) is 0 Å². The molecule has 8 heavy (non-hydrogen) atoms. The lowest BCUT2D eigenvalue weighted by Gasteiger charge is -2.02. The molecule has 0 spiro atoms. The van der Waals surface area contributed by atoms with Crippen LogP contribution in [0.3, 0.4) is 0 Å². The highest BCUT2D eigenvalue weighted by atomic mass is 79.9. The van der Waals surface area contributed by atoms with E-state index in [2.05, 4.69) is 15.9 Å². The van der Waals surface area contributed by atoms with Crippen LogP contribution in [-0.2, 0) is 0 Å². The van der Waals surface area contributed by atoms with Gasteiger partial charge in [-0.2, -0.15) is 13.2 Å². The number of halogens is 4. The molecule has 4 heteroatoms. The van der Waals surface area contributed by atoms with Crippen LogP contribution in [0.5, 0.6) is 0 Å². The maximum atomic E-state index is 11.3. The van der Waals surface area contributed by atoms with Gasteiger partial charge in [0.05, 0.1) is 0 Å². The molecule has 1 radical (unpaired) electrons. The quantitative estimate of drug-likeness (QED) is 0.548. The molecule has 0 fully saturated rings. The number of hydrogen-bond acceptors (Lipinski definition) is 0. The molecule has 0 rings (SSSR count). The summed E-state index contributed by atoms with van der Waals surface area (Å²) in [7, 11) is 0. The molecule has 0 heterocycles. The lowest BCUT2D eigenvalue weighted by molar-refractivity contribution is -0.0914. The van der Waals surface area contributed by atoms with Gasteiger partial charge in [0.1, 0.15) is 0 Å². The first-order chi connectivity index (χ1) is 3.48. The van der Waals surface area contributed by atoms with E-state index in [1.54, 1.807) is 0 Å². The molecule has 0 saturated carbocycles. The fourth-order valence-electron chi connectivity index (χ4n) is 0.0536. The van der Waals surface area contributed by atoms with Crippen LogP contribution in [0, 0.1) is 4.99 Å². The molecule has 0 saturated heterocycles. The Morgan fingerprint density at radius 2 is 1.88 bits per heavy atom. The Bertz CT molecular complexity index is 102. The minimum atomic E-state index is -4.23. The number of allylic oxidation sites excluding steroid dienone is 1. The molecule has 0 amide bonds. The second kappa shape index (κ2) is 2.53. The fourth-order valence-corrected chi connectivity index (χ4v) is 0.278. The highest BCUT2D eigenvalue weighted by molar-refractivity contribution is 9.10. The first-order valence-corrected chi connectivity index (χ1v) is 2.55. The molecule has 0 aliphatic carbocycles. The summed E-state index contributed by atoms with van der Waals surface area (Å²) < 4.78 is 34.0. The van der Waals surface area contributed by atoms with E-state index in [4.69, 9.17) is 0 Å². The molecule has 0 aromatic rings. The van der Waals surface area contributed by atoms with Crippen LogP contribution in [0.1, 0.15) is 6.92 Å². The van der Waals surface area contributed by atoms with Crippen molar-refractivity contribution in [3.05, 3.63) is 10.6 Å². The average molecular weight is 188 g/mol. The van der Waals surface area contributed by atoms with Gasteiger partial charge in [0, 0.05) is 10.6 Å². The van der Waals surface area contributed by atoms with Crippen LogP contribution in [0.2, 0.25) is 0 Å². The molecule has 0 bridgehead atoms. The van der Waals surface area contributed by atoms with Crippen molar-refractivity contribution in [1.29, 1.82) is 0 Å². The molecule has 0 aromatic heterocycles. The van der Waals surface area contributed by atoms with Crippen LogP contribution in [0.4, 0.5) is 13.2 Å². The van der Waals surface area contributed by atoms with Gasteiger partial charge in [0.15, 0.2) is 0 Å². The first kappa shape index (κ1) is 8.01. The molecule has 0 aliphatic heterocycles. The standard InChI is InChI=1S/C4H3BrF3/c1-3(2-5)4(6,7)8/h1H3. The van der Waals surface area contributed by atoms with Gasteiger partial charge < -0.3 is 0 Å². The molecule has 0 atom stereocenters. The SMILES string of the molecule is C/C(=[C]\Br)C(F)(F)F. The van der Waals surface area contributed by atoms with Crippen LogP contribution in [-0.4, -0.2) is 6.18 Å². The van der Waals surface area contributed by atoms with E-state index in [9.17, 15) is 13.2 Å². The van der Waals surface area contributed by atoms with Crippen molar-refractivity contribution in [3.63, 3.8) is 0 Å². The van der Waals surface area contributed by atoms with Crippen molar-refractivity contribution in [2.45, 2.75) is 13.1 Å². The molecular weight excluding hydrogens is 185 g/mol. The Morgan fingerprint density at radius 1 is 1.50 bits per heavy atom. The maximum absolute atomic E-state index is 11.3. The zero-order valence-corrected chi connectivity index (χ0v) is 5.60. The Morgan fingerprint density at radius 3 is 1.88 bits per heavy atom. The molecule has 0 aromatic carbocycles. The van der Waals surface area contributed by atoms with Crippen molar-refractivity contribution in [2.75, 3.05) is 0 Å². The summed E-state index contributed by atoms with van der Waals surface area (Å²) in [5, 5.41) is 0. The predicted octanol–water partition coefficient (Wildman–Crippen LogP) is 2.65. The summed E-state index contributed by atoms with van der Waals surface area (Å²) in [6.07, 6.45) is -4.23. The Balaban J connectivity index is 4.03. The molecule has 0 nitrogen and oxygen atoms in total. The predicted molar refractivity (Wildman–Crippen MR) is 27.4 cm³/mol. The minimum absolute atomic E-state index is 0.752. The molecule has 0 N–H and O–H groups in total. The normalized spacial score (nSPS) is 14.4. The zero-order valence-electron chi connectivity index (χ0n) is 4.01. The highest BCUT2D eigenvalue weighted by Gasteiger charge is 2.29. The maximum Gasteiger partial charge on any atom is 0.413 e. The van der Waals surface area contributed by atoms with Crippen molar-refractivity contribution in [2.24, 2.45) is 0 Å². The summed E-state index contributed by atoms with van der Waals surface area (Å²) >= 11 is 2.44. The Kier molecular flexibility index (Phi) is 2.53. The lowest BCUT2D eigenvalue weighted by atomic mass is 10.3. The summed E-state index contributed by atoms with van der Waals surface area (Å²) in [4.78, 5) is 1.81. The van der Waals surface area contributed by atoms with E-state index < -0.39 is 11.7 Å². The number of rotatable bonds is 0. The van der Waals surface area contributed by atoms with Crippen LogP contribution < -0.4 is 0 Å². The summed E-state index contributed by atoms with van der Waals surface area (Å²) in [5.74, 6) is 0. The van der Waals surface area contributed by atoms with Gasteiger partial charge in [-0.1, -0.05) is 0 Å². The van der Waals surface area contributed by atoms with Crippen molar-refractivity contribution in [3.8, 4) is 0 Å². The minimum Gasteiger partial charge on any atom is -0.166 e. The summed E-state index contributed by atoms with van der Waals surface area (Å²) in [6.45, 7) is 0.939. The van der Waals surface area contributed by atoms with E-state index >= 15 is 0 Å². The van der Waals surface area contributed by atoms with E-state index in [1.165, 1.54) is 0 Å². The van der Waals surface area contributed by atoms with Crippen LogP contribution in [0.25, 0.3) is 0 Å². The smallest absolute Gasteiger partial charge is 0.166 e. The van der Waals surface area contributed by atoms with Crippen molar-refractivity contribution < 1.29 is 13.2 Å². The highest BCUT2D eigenvalue weighted by Crippen LogP contribution is 2.24. The van der Waals surface area contributed by atoms with Gasteiger partial charge in [-0.25, -0.2) is 0 Å². The third kappa shape index (κ3) is 2.35. The third-order valence-electron chi connectivity index (χ3n) is 0.567. The topological polar surface area (TPSA) is 0 Å². The summed E-state index contributed by atoms with van der Waals surface area (Å²) in [5.41, 5.74) is -0.752. The van der Waals surface area contributed by atoms with Gasteiger partial charge >= 0.3 is 6.18 Å². The van der Waals surface area contributed by atoms with Crippen LogP contribution >= 0.6 is 15.9 Å². The number of hydrogen-bond donors (Lipinski definition) is 0. The molecular formula is C4H3BrF3. The third-order valence-corrected chi connectivity index (χ3v) is 1.16. The number of alkyl halides is 3. The lowest BCUT2D eigenvalue weighted by Crippen LogP contribution is -2.07. The second-order valence-electron chi connectivity index (χ2n) is 1.22. The van der Waals surface area contributed by atoms with E-state index in [0.717, 1.165) is 6.92 Å². The largest absolute Gasteiger partial charge is 0.413 e. The first-order valence-electron chi connectivity index (χ1n) is 1.76. The molecule has 0 unspecified atom stereocenters. The Labute approximate surface area is 53.5 Å². The summed E-state index contributed by atoms with van der Waals surface area (Å²) in [6, 6.07) is 0. The van der Waals surface area contributed by atoms with Gasteiger partial charge in [-0.3, -0.25) is 0 Å². The van der Waals surface area contributed by atoms with Gasteiger partial charge in [-0.05, 0) is 22.9 Å². The van der Waals surface area contributed by atoms with Gasteiger partial charge in [0.2, 0.25) is 0 Å². The Hall–Kier alpha value is 0.01000. The average Bonchev–Trinajstić information content (AvgIpc) is 1.62. The second-order valence-corrected chi connectivity index (χ2v) is 1.61. The van der Waals surface area contributed by atoms with E-state index in [1.807, 2.05) is 4.99 Å². The molecule has 0 aliphatic rings. The van der Waals surface area contributed by atoms with E-state index in [-0.39, 0.29) is 0 Å². The van der Waals surface area contributed by atoms with Crippen LogP contribution in [0.15, 0.2) is 5.57 Å². The van der Waals surface area contributed by atoms with Crippen molar-refractivity contribution in [1.82, 2.24) is 0 Å². The van der Waals surface area contributed by atoms with Crippen molar-refractivity contribution >= 4 is 15.9 Å².